The van der Waals surface area contributed by atoms with Gasteiger partial charge in [0, 0.05) is 12.6 Å². The van der Waals surface area contributed by atoms with E-state index in [0.29, 0.717) is 5.69 Å². The molecule has 1 heterocycles. The van der Waals surface area contributed by atoms with Crippen molar-refractivity contribution in [2.24, 2.45) is 7.05 Å². The number of rotatable bonds is 2. The van der Waals surface area contributed by atoms with Crippen LogP contribution in [0.3, 0.4) is 0 Å². The van der Waals surface area contributed by atoms with Crippen molar-refractivity contribution in [1.82, 2.24) is 9.78 Å². The second-order valence-electron chi connectivity index (χ2n) is 3.39. The van der Waals surface area contributed by atoms with E-state index in [1.807, 2.05) is 0 Å². The van der Waals surface area contributed by atoms with Crippen LogP contribution in [-0.2, 0) is 7.05 Å². The summed E-state index contributed by atoms with van der Waals surface area (Å²) in [5, 5.41) is 22.0. The Hall–Kier alpha value is -2.30. The first-order valence-electron chi connectivity index (χ1n) is 4.64. The molecule has 0 amide bonds. The zero-order valence-electron chi connectivity index (χ0n) is 8.58. The van der Waals surface area contributed by atoms with Gasteiger partial charge in [-0.15, -0.1) is 0 Å². The minimum atomic E-state index is -1.07. The van der Waals surface area contributed by atoms with Gasteiger partial charge in [0.25, 0.3) is 0 Å². The van der Waals surface area contributed by atoms with E-state index in [-0.39, 0.29) is 11.4 Å². The number of carboxylic acid groups (broad SMARTS) is 1. The van der Waals surface area contributed by atoms with Crippen molar-refractivity contribution < 1.29 is 15.0 Å². The summed E-state index contributed by atoms with van der Waals surface area (Å²) in [7, 11) is 1.66. The number of nitrogens with zero attached hydrogens (tertiary/aromatic N) is 2. The van der Waals surface area contributed by atoms with Gasteiger partial charge < -0.3 is 10.2 Å². The molecule has 0 atom stereocenters. The van der Waals surface area contributed by atoms with Crippen LogP contribution in [0, 0.1) is 0 Å². The quantitative estimate of drug-likeness (QED) is 0.800. The summed E-state index contributed by atoms with van der Waals surface area (Å²) in [6.07, 6.45) is 0. The molecule has 0 saturated heterocycles. The van der Waals surface area contributed by atoms with Crippen molar-refractivity contribution in [3.8, 4) is 17.0 Å². The molecule has 2 aromatic rings. The largest absolute Gasteiger partial charge is 0.508 e. The monoisotopic (exact) mass is 218 g/mol. The van der Waals surface area contributed by atoms with E-state index >= 15 is 0 Å². The van der Waals surface area contributed by atoms with Gasteiger partial charge in [-0.1, -0.05) is 12.1 Å². The Morgan fingerprint density at radius 2 is 2.12 bits per heavy atom. The zero-order chi connectivity index (χ0) is 11.7. The summed E-state index contributed by atoms with van der Waals surface area (Å²) in [5.41, 5.74) is 1.36. The number of phenolic OH excluding ortho intramolecular Hbond substituents is 1. The second kappa shape index (κ2) is 3.69. The zero-order valence-corrected chi connectivity index (χ0v) is 8.58. The standard InChI is InChI=1S/C11H10N2O3/c1-13-10(6-9(12-13)11(15)16)7-3-2-4-8(14)5-7/h2-6,14H,1H3,(H,15,16). The van der Waals surface area contributed by atoms with Crippen LogP contribution in [0.4, 0.5) is 0 Å². The van der Waals surface area contributed by atoms with E-state index in [1.54, 1.807) is 31.3 Å². The number of hydrogen-bond donors (Lipinski definition) is 2. The number of aromatic hydroxyl groups is 1. The van der Waals surface area contributed by atoms with Gasteiger partial charge in [0.05, 0.1) is 5.69 Å². The second-order valence-corrected chi connectivity index (χ2v) is 3.39. The van der Waals surface area contributed by atoms with Gasteiger partial charge in [-0.2, -0.15) is 5.10 Å². The van der Waals surface area contributed by atoms with Gasteiger partial charge >= 0.3 is 5.97 Å². The smallest absolute Gasteiger partial charge is 0.356 e. The van der Waals surface area contributed by atoms with Crippen molar-refractivity contribution in [3.05, 3.63) is 36.0 Å². The van der Waals surface area contributed by atoms with Crippen LogP contribution in [0.25, 0.3) is 11.3 Å². The SMILES string of the molecule is Cn1nc(C(=O)O)cc1-c1cccc(O)c1. The van der Waals surface area contributed by atoms with E-state index in [2.05, 4.69) is 5.10 Å². The van der Waals surface area contributed by atoms with Crippen molar-refractivity contribution in [3.63, 3.8) is 0 Å². The van der Waals surface area contributed by atoms with E-state index in [4.69, 9.17) is 5.11 Å². The molecule has 0 unspecified atom stereocenters. The fourth-order valence-corrected chi connectivity index (χ4v) is 1.51. The van der Waals surface area contributed by atoms with Gasteiger partial charge in [0.15, 0.2) is 5.69 Å². The Kier molecular flexibility index (Phi) is 2.36. The minimum absolute atomic E-state index is 0.0131. The van der Waals surface area contributed by atoms with Crippen LogP contribution >= 0.6 is 0 Å². The molecule has 0 aliphatic rings. The molecule has 2 rings (SSSR count). The van der Waals surface area contributed by atoms with Crippen LogP contribution in [0.2, 0.25) is 0 Å². The molecule has 16 heavy (non-hydrogen) atoms. The van der Waals surface area contributed by atoms with Gasteiger partial charge in [-0.3, -0.25) is 4.68 Å². The number of aromatic carboxylic acids is 1. The van der Waals surface area contributed by atoms with Crippen LogP contribution in [0.1, 0.15) is 10.5 Å². The summed E-state index contributed by atoms with van der Waals surface area (Å²) in [4.78, 5) is 10.7. The molecule has 0 bridgehead atoms. The van der Waals surface area contributed by atoms with Gasteiger partial charge in [-0.25, -0.2) is 4.79 Å². The third-order valence-electron chi connectivity index (χ3n) is 2.24. The Labute approximate surface area is 91.6 Å². The molecule has 2 N–H and O–H groups in total. The van der Waals surface area contributed by atoms with Crippen molar-refractivity contribution in [2.45, 2.75) is 0 Å². The first-order chi connectivity index (χ1) is 7.58. The summed E-state index contributed by atoms with van der Waals surface area (Å²) in [5.74, 6) is -0.933. The number of carbonyl (C=O) groups is 1. The molecule has 0 fully saturated rings. The Balaban J connectivity index is 2.52. The molecule has 0 spiro atoms. The highest BCUT2D eigenvalue weighted by atomic mass is 16.4. The lowest BCUT2D eigenvalue weighted by Gasteiger charge is -2.01. The van der Waals surface area contributed by atoms with Crippen molar-refractivity contribution >= 4 is 5.97 Å². The summed E-state index contributed by atoms with van der Waals surface area (Å²) in [6.45, 7) is 0. The maximum atomic E-state index is 10.7. The summed E-state index contributed by atoms with van der Waals surface area (Å²) < 4.78 is 1.47. The van der Waals surface area contributed by atoms with Gasteiger partial charge in [-0.05, 0) is 18.2 Å². The normalized spacial score (nSPS) is 10.3. The fraction of sp³-hybridized carbons (Fsp3) is 0.0909. The average Bonchev–Trinajstić information content (AvgIpc) is 2.60. The molecule has 1 aromatic heterocycles. The molecule has 0 aliphatic carbocycles. The predicted molar refractivity (Wildman–Crippen MR) is 57.3 cm³/mol. The fourth-order valence-electron chi connectivity index (χ4n) is 1.51. The molecule has 5 heteroatoms. The Morgan fingerprint density at radius 1 is 1.38 bits per heavy atom. The maximum Gasteiger partial charge on any atom is 0.356 e. The molecule has 5 nitrogen and oxygen atoms in total. The molecular formula is C11H10N2O3. The molecule has 1 aromatic carbocycles. The highest BCUT2D eigenvalue weighted by molar-refractivity contribution is 5.87. The predicted octanol–water partition coefficient (Wildman–Crippen LogP) is 1.49. The molecular weight excluding hydrogens is 208 g/mol. The third-order valence-corrected chi connectivity index (χ3v) is 2.24. The highest BCUT2D eigenvalue weighted by Crippen LogP contribution is 2.23. The molecule has 0 saturated carbocycles. The number of benzene rings is 1. The lowest BCUT2D eigenvalue weighted by molar-refractivity contribution is 0.0689. The molecule has 0 radical (unpaired) electrons. The van der Waals surface area contributed by atoms with Crippen LogP contribution < -0.4 is 0 Å². The van der Waals surface area contributed by atoms with Crippen molar-refractivity contribution in [2.75, 3.05) is 0 Å². The Bertz CT molecular complexity index is 546. The summed E-state index contributed by atoms with van der Waals surface area (Å²) >= 11 is 0. The van der Waals surface area contributed by atoms with E-state index in [1.165, 1.54) is 10.7 Å². The summed E-state index contributed by atoms with van der Waals surface area (Å²) in [6, 6.07) is 8.05. The highest BCUT2D eigenvalue weighted by Gasteiger charge is 2.12. The first-order valence-corrected chi connectivity index (χ1v) is 4.64. The molecule has 82 valence electrons. The van der Waals surface area contributed by atoms with Gasteiger partial charge in [0.1, 0.15) is 5.75 Å². The first kappa shape index (κ1) is 10.2. The third kappa shape index (κ3) is 1.75. The van der Waals surface area contributed by atoms with Crippen molar-refractivity contribution in [1.29, 1.82) is 0 Å². The number of hydrogen-bond acceptors (Lipinski definition) is 3. The lowest BCUT2D eigenvalue weighted by atomic mass is 10.1. The van der Waals surface area contributed by atoms with Crippen LogP contribution in [-0.4, -0.2) is 26.0 Å². The van der Waals surface area contributed by atoms with E-state index < -0.39 is 5.97 Å². The maximum absolute atomic E-state index is 10.7. The Morgan fingerprint density at radius 3 is 2.69 bits per heavy atom. The number of aromatic nitrogens is 2. The lowest BCUT2D eigenvalue weighted by Crippen LogP contribution is -1.99. The van der Waals surface area contributed by atoms with Crippen LogP contribution in [0.5, 0.6) is 5.75 Å². The number of phenols is 1. The topological polar surface area (TPSA) is 75.4 Å². The van der Waals surface area contributed by atoms with Gasteiger partial charge in [0.2, 0.25) is 0 Å². The van der Waals surface area contributed by atoms with E-state index in [9.17, 15) is 9.90 Å². The number of carboxylic acids is 1. The number of aryl methyl sites for hydroxylation is 1. The van der Waals surface area contributed by atoms with E-state index in [0.717, 1.165) is 5.56 Å². The van der Waals surface area contributed by atoms with Crippen LogP contribution in [0.15, 0.2) is 30.3 Å². The average molecular weight is 218 g/mol. The molecule has 0 aliphatic heterocycles. The minimum Gasteiger partial charge on any atom is -0.508 e.